The first-order valence-electron chi connectivity index (χ1n) is 9.60. The number of halogens is 1. The summed E-state index contributed by atoms with van der Waals surface area (Å²) in [5.74, 6) is -0.387. The molecule has 8 heteroatoms. The Balaban J connectivity index is 1.94. The van der Waals surface area contributed by atoms with E-state index in [-0.39, 0.29) is 19.1 Å². The molecule has 30 heavy (non-hydrogen) atoms. The summed E-state index contributed by atoms with van der Waals surface area (Å²) in [5, 5.41) is 12.4. The van der Waals surface area contributed by atoms with Crippen molar-refractivity contribution < 1.29 is 28.9 Å². The zero-order valence-corrected chi connectivity index (χ0v) is 17.9. The van der Waals surface area contributed by atoms with Crippen LogP contribution in [0.2, 0.25) is 5.02 Å². The van der Waals surface area contributed by atoms with Crippen molar-refractivity contribution in [2.75, 3.05) is 11.9 Å². The van der Waals surface area contributed by atoms with E-state index in [1.54, 1.807) is 56.3 Å². The zero-order chi connectivity index (χ0) is 22.1. The highest BCUT2D eigenvalue weighted by molar-refractivity contribution is 6.31. The minimum absolute atomic E-state index is 0.0000785. The Labute approximate surface area is 180 Å². The van der Waals surface area contributed by atoms with E-state index in [1.807, 2.05) is 6.92 Å². The van der Waals surface area contributed by atoms with Gasteiger partial charge in [0.05, 0.1) is 17.7 Å². The van der Waals surface area contributed by atoms with Crippen molar-refractivity contribution in [3.8, 4) is 5.75 Å². The SMILES string of the molecule is CCOc1ccc(COC(=O)Nc2cccc(CC(OC(C)C)C(=O)O)c2)c(Cl)c1. The van der Waals surface area contributed by atoms with Gasteiger partial charge in [-0.05, 0) is 50.6 Å². The summed E-state index contributed by atoms with van der Waals surface area (Å²) in [6, 6.07) is 12.0. The largest absolute Gasteiger partial charge is 0.494 e. The van der Waals surface area contributed by atoms with Crippen LogP contribution in [0.3, 0.4) is 0 Å². The number of hydrogen-bond donors (Lipinski definition) is 2. The van der Waals surface area contributed by atoms with Gasteiger partial charge in [-0.1, -0.05) is 29.8 Å². The fourth-order valence-corrected chi connectivity index (χ4v) is 2.94. The number of ether oxygens (including phenoxy) is 3. The Morgan fingerprint density at radius 1 is 1.17 bits per heavy atom. The summed E-state index contributed by atoms with van der Waals surface area (Å²) in [6.45, 7) is 5.97. The van der Waals surface area contributed by atoms with Gasteiger partial charge >= 0.3 is 12.1 Å². The molecule has 7 nitrogen and oxygen atoms in total. The van der Waals surface area contributed by atoms with Crippen LogP contribution in [0.15, 0.2) is 42.5 Å². The van der Waals surface area contributed by atoms with Gasteiger partial charge in [-0.15, -0.1) is 0 Å². The number of rotatable bonds is 10. The number of carboxylic acid groups (broad SMARTS) is 1. The van der Waals surface area contributed by atoms with Crippen molar-refractivity contribution in [3.05, 3.63) is 58.6 Å². The van der Waals surface area contributed by atoms with Crippen LogP contribution in [0, 0.1) is 0 Å². The van der Waals surface area contributed by atoms with Crippen molar-refractivity contribution in [3.63, 3.8) is 0 Å². The summed E-state index contributed by atoms with van der Waals surface area (Å²) < 4.78 is 16.0. The molecule has 0 aliphatic heterocycles. The van der Waals surface area contributed by atoms with E-state index < -0.39 is 18.2 Å². The Kier molecular flexibility index (Phi) is 8.95. The van der Waals surface area contributed by atoms with Crippen molar-refractivity contribution in [1.82, 2.24) is 0 Å². The summed E-state index contributed by atoms with van der Waals surface area (Å²) in [4.78, 5) is 23.5. The first-order chi connectivity index (χ1) is 14.3. The molecule has 1 atom stereocenters. The number of carbonyl (C=O) groups is 2. The van der Waals surface area contributed by atoms with Gasteiger partial charge in [0.1, 0.15) is 12.4 Å². The zero-order valence-electron chi connectivity index (χ0n) is 17.2. The molecule has 0 heterocycles. The highest BCUT2D eigenvalue weighted by Crippen LogP contribution is 2.23. The molecule has 2 aromatic rings. The number of anilines is 1. The van der Waals surface area contributed by atoms with Gasteiger partial charge in [0.15, 0.2) is 6.10 Å². The van der Waals surface area contributed by atoms with Crippen LogP contribution in [0.4, 0.5) is 10.5 Å². The number of carbonyl (C=O) groups excluding carboxylic acids is 1. The lowest BCUT2D eigenvalue weighted by molar-refractivity contribution is -0.153. The fourth-order valence-electron chi connectivity index (χ4n) is 2.71. The van der Waals surface area contributed by atoms with Gasteiger partial charge in [0.25, 0.3) is 0 Å². The summed E-state index contributed by atoms with van der Waals surface area (Å²) in [7, 11) is 0. The standard InChI is InChI=1S/C22H26ClNO6/c1-4-28-18-9-8-16(19(23)12-18)13-29-22(27)24-17-7-5-6-15(10-17)11-20(21(25)26)30-14(2)3/h5-10,12,14,20H,4,11,13H2,1-3H3,(H,24,27)(H,25,26). The van der Waals surface area contributed by atoms with E-state index in [2.05, 4.69) is 5.32 Å². The lowest BCUT2D eigenvalue weighted by Gasteiger charge is -2.17. The lowest BCUT2D eigenvalue weighted by Crippen LogP contribution is -2.29. The number of benzene rings is 2. The third kappa shape index (κ3) is 7.57. The van der Waals surface area contributed by atoms with Crippen LogP contribution in [-0.4, -0.2) is 36.0 Å². The van der Waals surface area contributed by atoms with E-state index in [0.717, 1.165) is 5.56 Å². The molecule has 2 N–H and O–H groups in total. The van der Waals surface area contributed by atoms with Gasteiger partial charge in [0.2, 0.25) is 0 Å². The van der Waals surface area contributed by atoms with E-state index in [4.69, 9.17) is 25.8 Å². The van der Waals surface area contributed by atoms with E-state index >= 15 is 0 Å². The summed E-state index contributed by atoms with van der Waals surface area (Å²) in [6.07, 6.45) is -1.64. The van der Waals surface area contributed by atoms with Crippen LogP contribution in [0.25, 0.3) is 0 Å². The van der Waals surface area contributed by atoms with Crippen molar-refractivity contribution in [2.24, 2.45) is 0 Å². The topological polar surface area (TPSA) is 94.1 Å². The average Bonchev–Trinajstić information content (AvgIpc) is 2.67. The number of hydrogen-bond acceptors (Lipinski definition) is 5. The monoisotopic (exact) mass is 435 g/mol. The maximum atomic E-state index is 12.1. The second-order valence-electron chi connectivity index (χ2n) is 6.80. The number of aliphatic carboxylic acids is 1. The summed E-state index contributed by atoms with van der Waals surface area (Å²) in [5.41, 5.74) is 1.86. The van der Waals surface area contributed by atoms with E-state index in [0.29, 0.717) is 28.6 Å². The number of amides is 1. The van der Waals surface area contributed by atoms with Gasteiger partial charge in [-0.2, -0.15) is 0 Å². The third-order valence-corrected chi connectivity index (χ3v) is 4.35. The molecule has 0 saturated heterocycles. The maximum absolute atomic E-state index is 12.1. The first-order valence-corrected chi connectivity index (χ1v) is 9.98. The molecule has 0 radical (unpaired) electrons. The molecule has 0 spiro atoms. The van der Waals surface area contributed by atoms with E-state index in [9.17, 15) is 14.7 Å². The summed E-state index contributed by atoms with van der Waals surface area (Å²) >= 11 is 6.19. The molecule has 1 unspecified atom stereocenters. The molecular weight excluding hydrogens is 410 g/mol. The van der Waals surface area contributed by atoms with Crippen molar-refractivity contribution in [1.29, 1.82) is 0 Å². The molecular formula is C22H26ClNO6. The predicted molar refractivity (Wildman–Crippen MR) is 114 cm³/mol. The van der Waals surface area contributed by atoms with Gasteiger partial charge in [0, 0.05) is 17.7 Å². The van der Waals surface area contributed by atoms with Crippen LogP contribution < -0.4 is 10.1 Å². The molecule has 0 saturated carbocycles. The van der Waals surface area contributed by atoms with Crippen LogP contribution in [0.5, 0.6) is 5.75 Å². The molecule has 0 aromatic heterocycles. The lowest BCUT2D eigenvalue weighted by atomic mass is 10.1. The maximum Gasteiger partial charge on any atom is 0.411 e. The van der Waals surface area contributed by atoms with Gasteiger partial charge < -0.3 is 19.3 Å². The highest BCUT2D eigenvalue weighted by atomic mass is 35.5. The molecule has 0 aliphatic carbocycles. The van der Waals surface area contributed by atoms with Crippen LogP contribution in [-0.2, 0) is 27.3 Å². The molecule has 2 aromatic carbocycles. The molecule has 1 amide bonds. The third-order valence-electron chi connectivity index (χ3n) is 4.00. The molecule has 0 bridgehead atoms. The van der Waals surface area contributed by atoms with Crippen molar-refractivity contribution in [2.45, 2.75) is 46.0 Å². The Bertz CT molecular complexity index is 870. The quantitative estimate of drug-likeness (QED) is 0.550. The Morgan fingerprint density at radius 2 is 1.93 bits per heavy atom. The second kappa shape index (κ2) is 11.4. The second-order valence-corrected chi connectivity index (χ2v) is 7.21. The average molecular weight is 436 g/mol. The molecule has 0 fully saturated rings. The predicted octanol–water partition coefficient (Wildman–Crippen LogP) is 4.91. The van der Waals surface area contributed by atoms with Gasteiger partial charge in [-0.3, -0.25) is 5.32 Å². The molecule has 2 rings (SSSR count). The smallest absolute Gasteiger partial charge is 0.411 e. The van der Waals surface area contributed by atoms with E-state index in [1.165, 1.54) is 0 Å². The minimum Gasteiger partial charge on any atom is -0.494 e. The number of carboxylic acids is 1. The van der Waals surface area contributed by atoms with Gasteiger partial charge in [-0.25, -0.2) is 9.59 Å². The first kappa shape index (κ1) is 23.5. The Morgan fingerprint density at radius 3 is 2.57 bits per heavy atom. The normalized spacial score (nSPS) is 11.8. The van der Waals surface area contributed by atoms with Crippen molar-refractivity contribution >= 4 is 29.4 Å². The number of nitrogens with one attached hydrogen (secondary N) is 1. The minimum atomic E-state index is -1.03. The molecule has 0 aliphatic rings. The fraction of sp³-hybridized carbons (Fsp3) is 0.364. The van der Waals surface area contributed by atoms with Crippen LogP contribution in [0.1, 0.15) is 31.9 Å². The highest BCUT2D eigenvalue weighted by Gasteiger charge is 2.20. The van der Waals surface area contributed by atoms with Crippen LogP contribution >= 0.6 is 11.6 Å². The molecule has 162 valence electrons. The Hall–Kier alpha value is -2.77.